The van der Waals surface area contributed by atoms with Gasteiger partial charge in [0.1, 0.15) is 0 Å². The summed E-state index contributed by atoms with van der Waals surface area (Å²) in [6.07, 6.45) is 1.20. The summed E-state index contributed by atoms with van der Waals surface area (Å²) < 4.78 is 0. The van der Waals surface area contributed by atoms with Crippen LogP contribution in [0.1, 0.15) is 47.3 Å². The number of hydrogen-bond donors (Lipinski definition) is 2. The highest BCUT2D eigenvalue weighted by Gasteiger charge is 2.27. The minimum Gasteiger partial charge on any atom is -0.392 e. The van der Waals surface area contributed by atoms with Crippen LogP contribution >= 0.6 is 0 Å². The number of amides is 1. The normalized spacial score (nSPS) is 16.9. The van der Waals surface area contributed by atoms with E-state index < -0.39 is 0 Å². The third-order valence-corrected chi connectivity index (χ3v) is 6.81. The Hall–Kier alpha value is -3.54. The zero-order chi connectivity index (χ0) is 24.2. The first-order chi connectivity index (χ1) is 17.1. The number of aliphatic hydroxyl groups excluding tert-OH is 1. The van der Waals surface area contributed by atoms with Crippen LogP contribution in [0, 0.1) is 0 Å². The topological polar surface area (TPSA) is 65.5 Å². The lowest BCUT2D eigenvalue weighted by molar-refractivity contribution is 0.0935. The summed E-state index contributed by atoms with van der Waals surface area (Å²) in [5, 5.41) is 14.3. The SMILES string of the molecule is CC[C@H](NC(=O)c1c(CN2CC[C@H](O)C2)c(-c2ccccc2)nc2ccccc12)c1ccccc1. The van der Waals surface area contributed by atoms with E-state index in [-0.39, 0.29) is 18.1 Å². The van der Waals surface area contributed by atoms with Gasteiger partial charge in [-0.25, -0.2) is 4.98 Å². The summed E-state index contributed by atoms with van der Waals surface area (Å²) in [6.45, 7) is 4.04. The monoisotopic (exact) mass is 465 g/mol. The second-order valence-electron chi connectivity index (χ2n) is 9.22. The molecule has 1 saturated heterocycles. The smallest absolute Gasteiger partial charge is 0.252 e. The van der Waals surface area contributed by atoms with Gasteiger partial charge in [0.25, 0.3) is 5.91 Å². The summed E-state index contributed by atoms with van der Waals surface area (Å²) in [6, 6.07) is 28.0. The van der Waals surface area contributed by atoms with Gasteiger partial charge in [-0.2, -0.15) is 0 Å². The van der Waals surface area contributed by atoms with E-state index in [4.69, 9.17) is 4.98 Å². The van der Waals surface area contributed by atoms with Gasteiger partial charge in [0.15, 0.2) is 0 Å². The van der Waals surface area contributed by atoms with Gasteiger partial charge in [0, 0.05) is 36.1 Å². The zero-order valence-corrected chi connectivity index (χ0v) is 20.0. The van der Waals surface area contributed by atoms with Crippen LogP contribution in [0.25, 0.3) is 22.2 Å². The molecule has 5 rings (SSSR count). The lowest BCUT2D eigenvalue weighted by Crippen LogP contribution is -2.31. The highest BCUT2D eigenvalue weighted by atomic mass is 16.3. The van der Waals surface area contributed by atoms with Crippen LogP contribution in [-0.4, -0.2) is 40.1 Å². The number of benzene rings is 3. The van der Waals surface area contributed by atoms with Crippen molar-refractivity contribution in [2.45, 2.75) is 38.5 Å². The van der Waals surface area contributed by atoms with Crippen LogP contribution in [0.2, 0.25) is 0 Å². The van der Waals surface area contributed by atoms with Gasteiger partial charge in [-0.3, -0.25) is 9.69 Å². The first-order valence-corrected chi connectivity index (χ1v) is 12.4. The van der Waals surface area contributed by atoms with Crippen LogP contribution in [-0.2, 0) is 6.54 Å². The van der Waals surface area contributed by atoms with E-state index in [1.807, 2.05) is 72.8 Å². The van der Waals surface area contributed by atoms with Crippen LogP contribution in [0.5, 0.6) is 0 Å². The number of likely N-dealkylation sites (tertiary alicyclic amines) is 1. The molecule has 0 spiro atoms. The number of carbonyl (C=O) groups is 1. The summed E-state index contributed by atoms with van der Waals surface area (Å²) in [5.74, 6) is -0.0915. The van der Waals surface area contributed by atoms with Gasteiger partial charge in [-0.1, -0.05) is 85.8 Å². The third-order valence-electron chi connectivity index (χ3n) is 6.81. The Kier molecular flexibility index (Phi) is 6.89. The number of aliphatic hydroxyl groups is 1. The molecule has 1 aliphatic heterocycles. The van der Waals surface area contributed by atoms with E-state index in [9.17, 15) is 9.90 Å². The molecule has 5 heteroatoms. The number of para-hydroxylation sites is 1. The molecule has 0 aliphatic carbocycles. The molecule has 3 aromatic carbocycles. The number of β-amino-alcohol motifs (C(OH)–C–C–N with tert-alkyl or cyclic N) is 1. The van der Waals surface area contributed by atoms with E-state index in [0.29, 0.717) is 18.7 Å². The van der Waals surface area contributed by atoms with Crippen molar-refractivity contribution in [2.24, 2.45) is 0 Å². The van der Waals surface area contributed by atoms with E-state index >= 15 is 0 Å². The molecule has 2 N–H and O–H groups in total. The van der Waals surface area contributed by atoms with Crippen molar-refractivity contribution in [3.05, 3.63) is 102 Å². The van der Waals surface area contributed by atoms with E-state index in [1.54, 1.807) is 0 Å². The van der Waals surface area contributed by atoms with Crippen LogP contribution in [0.3, 0.4) is 0 Å². The number of fused-ring (bicyclic) bond motifs is 1. The van der Waals surface area contributed by atoms with Crippen molar-refractivity contribution in [1.82, 2.24) is 15.2 Å². The number of nitrogens with one attached hydrogen (secondary N) is 1. The van der Waals surface area contributed by atoms with E-state index in [0.717, 1.165) is 52.7 Å². The van der Waals surface area contributed by atoms with Crippen molar-refractivity contribution in [3.8, 4) is 11.3 Å². The summed E-state index contributed by atoms with van der Waals surface area (Å²) >= 11 is 0. The number of rotatable bonds is 7. The molecule has 2 atom stereocenters. The maximum absolute atomic E-state index is 14.0. The summed E-state index contributed by atoms with van der Waals surface area (Å²) in [5.41, 5.74) is 5.28. The van der Waals surface area contributed by atoms with Gasteiger partial charge in [-0.15, -0.1) is 0 Å². The molecule has 2 heterocycles. The Bertz CT molecular complexity index is 1310. The first kappa shape index (κ1) is 23.2. The number of nitrogens with zero attached hydrogens (tertiary/aromatic N) is 2. The molecule has 0 bridgehead atoms. The molecule has 1 aliphatic rings. The van der Waals surface area contributed by atoms with Crippen LogP contribution in [0.4, 0.5) is 0 Å². The molecular formula is C30H31N3O2. The lowest BCUT2D eigenvalue weighted by atomic mass is 9.95. The molecule has 1 aromatic heterocycles. The van der Waals surface area contributed by atoms with Crippen molar-refractivity contribution in [2.75, 3.05) is 13.1 Å². The average Bonchev–Trinajstić information content (AvgIpc) is 3.32. The number of pyridine rings is 1. The molecule has 178 valence electrons. The molecule has 35 heavy (non-hydrogen) atoms. The quantitative estimate of drug-likeness (QED) is 0.386. The number of carbonyl (C=O) groups excluding carboxylic acids is 1. The molecule has 4 aromatic rings. The Balaban J connectivity index is 1.65. The fraction of sp³-hybridized carbons (Fsp3) is 0.267. The molecule has 1 amide bonds. The minimum atomic E-state index is -0.330. The molecular weight excluding hydrogens is 434 g/mol. The van der Waals surface area contributed by atoms with E-state index in [1.165, 1.54) is 0 Å². The zero-order valence-electron chi connectivity index (χ0n) is 20.0. The van der Waals surface area contributed by atoms with Gasteiger partial charge in [0.2, 0.25) is 0 Å². The predicted octanol–water partition coefficient (Wildman–Crippen LogP) is 5.35. The first-order valence-electron chi connectivity index (χ1n) is 12.4. The molecule has 1 fully saturated rings. The minimum absolute atomic E-state index is 0.0859. The van der Waals surface area contributed by atoms with Crippen molar-refractivity contribution in [3.63, 3.8) is 0 Å². The molecule has 0 unspecified atom stereocenters. The lowest BCUT2D eigenvalue weighted by Gasteiger charge is -2.24. The van der Waals surface area contributed by atoms with Gasteiger partial charge < -0.3 is 10.4 Å². The highest BCUT2D eigenvalue weighted by molar-refractivity contribution is 6.09. The summed E-state index contributed by atoms with van der Waals surface area (Å²) in [7, 11) is 0. The predicted molar refractivity (Wildman–Crippen MR) is 140 cm³/mol. The molecule has 0 saturated carbocycles. The van der Waals surface area contributed by atoms with Gasteiger partial charge in [-0.05, 0) is 24.5 Å². The van der Waals surface area contributed by atoms with Crippen LogP contribution in [0.15, 0.2) is 84.9 Å². The van der Waals surface area contributed by atoms with E-state index in [2.05, 4.69) is 29.3 Å². The Labute approximate surface area is 206 Å². The summed E-state index contributed by atoms with van der Waals surface area (Å²) in [4.78, 5) is 21.3. The third kappa shape index (κ3) is 4.97. The second kappa shape index (κ2) is 10.4. The van der Waals surface area contributed by atoms with Crippen molar-refractivity contribution < 1.29 is 9.90 Å². The fourth-order valence-electron chi connectivity index (χ4n) is 5.02. The second-order valence-corrected chi connectivity index (χ2v) is 9.22. The fourth-order valence-corrected chi connectivity index (χ4v) is 5.02. The Morgan fingerprint density at radius 1 is 1.03 bits per heavy atom. The largest absolute Gasteiger partial charge is 0.392 e. The maximum atomic E-state index is 14.0. The number of aromatic nitrogens is 1. The standard InChI is InChI=1S/C30H31N3O2/c1-2-26(21-11-5-3-6-12-21)32-30(35)28-24-15-9-10-16-27(24)31-29(22-13-7-4-8-14-22)25(28)20-33-18-17-23(34)19-33/h3-16,23,26,34H,2,17-20H2,1H3,(H,32,35)/t23-,26-/m0/s1. The van der Waals surface area contributed by atoms with Crippen LogP contribution < -0.4 is 5.32 Å². The van der Waals surface area contributed by atoms with Gasteiger partial charge >= 0.3 is 0 Å². The number of hydrogen-bond acceptors (Lipinski definition) is 4. The van der Waals surface area contributed by atoms with Crippen molar-refractivity contribution in [1.29, 1.82) is 0 Å². The Morgan fingerprint density at radius 3 is 2.40 bits per heavy atom. The molecule has 5 nitrogen and oxygen atoms in total. The Morgan fingerprint density at radius 2 is 1.71 bits per heavy atom. The van der Waals surface area contributed by atoms with Crippen molar-refractivity contribution >= 4 is 16.8 Å². The average molecular weight is 466 g/mol. The molecule has 0 radical (unpaired) electrons. The highest BCUT2D eigenvalue weighted by Crippen LogP contribution is 2.33. The van der Waals surface area contributed by atoms with Gasteiger partial charge in [0.05, 0.1) is 28.9 Å². The maximum Gasteiger partial charge on any atom is 0.252 e.